The Bertz CT molecular complexity index is 498. The summed E-state index contributed by atoms with van der Waals surface area (Å²) in [6.45, 7) is 0.0545. The van der Waals surface area contributed by atoms with Crippen LogP contribution >= 0.6 is 27.3 Å². The van der Waals surface area contributed by atoms with Gasteiger partial charge in [0.15, 0.2) is 0 Å². The first kappa shape index (κ1) is 13.4. The maximum Gasteiger partial charge on any atom is 0.119 e. The van der Waals surface area contributed by atoms with Crippen LogP contribution in [0, 0.1) is 0 Å². The molecule has 1 aromatic heterocycles. The third-order valence-electron chi connectivity index (χ3n) is 2.55. The fourth-order valence-corrected chi connectivity index (χ4v) is 3.08. The normalized spacial score (nSPS) is 12.2. The van der Waals surface area contributed by atoms with E-state index in [1.165, 1.54) is 0 Å². The van der Waals surface area contributed by atoms with Crippen LogP contribution in [-0.4, -0.2) is 18.8 Å². The first-order valence-corrected chi connectivity index (χ1v) is 7.10. The summed E-state index contributed by atoms with van der Waals surface area (Å²) in [4.78, 5) is 1.10. The molecular weight excluding hydrogens is 314 g/mol. The van der Waals surface area contributed by atoms with E-state index >= 15 is 0 Å². The lowest BCUT2D eigenvalue weighted by Crippen LogP contribution is -2.13. The zero-order valence-electron chi connectivity index (χ0n) is 9.89. The predicted octanol–water partition coefficient (Wildman–Crippen LogP) is 3.66. The number of benzene rings is 1. The van der Waals surface area contributed by atoms with Gasteiger partial charge >= 0.3 is 0 Å². The molecule has 0 aliphatic carbocycles. The minimum Gasteiger partial charge on any atom is -0.497 e. The van der Waals surface area contributed by atoms with E-state index in [0.717, 1.165) is 20.1 Å². The second kappa shape index (κ2) is 6.22. The van der Waals surface area contributed by atoms with Gasteiger partial charge in [-0.15, -0.1) is 11.3 Å². The molecule has 0 saturated heterocycles. The summed E-state index contributed by atoms with van der Waals surface area (Å²) in [6.07, 6.45) is 0. The number of ether oxygens (including phenoxy) is 1. The Balaban J connectivity index is 2.10. The molecule has 0 aliphatic rings. The third kappa shape index (κ3) is 3.25. The van der Waals surface area contributed by atoms with Gasteiger partial charge in [0.05, 0.1) is 23.5 Å². The molecule has 0 spiro atoms. The van der Waals surface area contributed by atoms with Gasteiger partial charge in [0.2, 0.25) is 0 Å². The van der Waals surface area contributed by atoms with Gasteiger partial charge in [-0.05, 0) is 52.3 Å². The van der Waals surface area contributed by atoms with Crippen LogP contribution in [0.4, 0.5) is 5.69 Å². The smallest absolute Gasteiger partial charge is 0.119 e. The minimum absolute atomic E-state index is 0.0545. The van der Waals surface area contributed by atoms with Crippen molar-refractivity contribution in [2.24, 2.45) is 0 Å². The Hall–Kier alpha value is -1.04. The Morgan fingerprint density at radius 1 is 1.28 bits per heavy atom. The molecule has 1 aromatic carbocycles. The first-order chi connectivity index (χ1) is 8.72. The van der Waals surface area contributed by atoms with Crippen molar-refractivity contribution in [3.63, 3.8) is 0 Å². The van der Waals surface area contributed by atoms with Crippen LogP contribution in [0.15, 0.2) is 40.2 Å². The highest BCUT2D eigenvalue weighted by Crippen LogP contribution is 2.29. The van der Waals surface area contributed by atoms with Crippen LogP contribution in [0.2, 0.25) is 0 Å². The summed E-state index contributed by atoms with van der Waals surface area (Å²) >= 11 is 5.04. The first-order valence-electron chi connectivity index (χ1n) is 5.49. The van der Waals surface area contributed by atoms with Crippen LogP contribution in [0.5, 0.6) is 5.75 Å². The number of aliphatic hydroxyl groups is 1. The van der Waals surface area contributed by atoms with Crippen molar-refractivity contribution in [3.8, 4) is 5.75 Å². The molecule has 2 N–H and O–H groups in total. The molecule has 0 radical (unpaired) electrons. The lowest BCUT2D eigenvalue weighted by atomic mass is 10.2. The molecule has 1 heterocycles. The van der Waals surface area contributed by atoms with Crippen molar-refractivity contribution >= 4 is 33.0 Å². The molecule has 0 aliphatic heterocycles. The molecule has 1 unspecified atom stereocenters. The van der Waals surface area contributed by atoms with E-state index in [-0.39, 0.29) is 12.6 Å². The average molecular weight is 328 g/mol. The quantitative estimate of drug-likeness (QED) is 0.880. The summed E-state index contributed by atoms with van der Waals surface area (Å²) in [5.41, 5.74) is 0.958. The number of hydrogen-bond donors (Lipinski definition) is 2. The van der Waals surface area contributed by atoms with Gasteiger partial charge in [0.25, 0.3) is 0 Å². The molecule has 2 rings (SSSR count). The topological polar surface area (TPSA) is 41.5 Å². The molecule has 18 heavy (non-hydrogen) atoms. The Morgan fingerprint density at radius 2 is 2.00 bits per heavy atom. The molecule has 2 aromatic rings. The van der Waals surface area contributed by atoms with E-state index < -0.39 is 0 Å². The number of methoxy groups -OCH3 is 1. The van der Waals surface area contributed by atoms with Crippen LogP contribution in [-0.2, 0) is 0 Å². The van der Waals surface area contributed by atoms with Gasteiger partial charge in [-0.1, -0.05) is 0 Å². The molecule has 0 amide bonds. The van der Waals surface area contributed by atoms with Crippen LogP contribution in [0.1, 0.15) is 10.9 Å². The maximum absolute atomic E-state index is 9.45. The van der Waals surface area contributed by atoms with Crippen molar-refractivity contribution in [2.75, 3.05) is 19.0 Å². The van der Waals surface area contributed by atoms with Crippen LogP contribution in [0.25, 0.3) is 0 Å². The van der Waals surface area contributed by atoms with Crippen molar-refractivity contribution in [1.29, 1.82) is 0 Å². The molecule has 3 nitrogen and oxygen atoms in total. The lowest BCUT2D eigenvalue weighted by Gasteiger charge is -2.16. The van der Waals surface area contributed by atoms with E-state index in [0.29, 0.717) is 0 Å². The highest BCUT2D eigenvalue weighted by atomic mass is 79.9. The SMILES string of the molecule is COc1ccc(NC(CO)c2ccc(Br)s2)cc1. The zero-order chi connectivity index (χ0) is 13.0. The molecule has 0 saturated carbocycles. The van der Waals surface area contributed by atoms with Crippen LogP contribution in [0.3, 0.4) is 0 Å². The molecule has 96 valence electrons. The number of anilines is 1. The second-order valence-corrected chi connectivity index (χ2v) is 6.24. The van der Waals surface area contributed by atoms with Crippen molar-refractivity contribution < 1.29 is 9.84 Å². The zero-order valence-corrected chi connectivity index (χ0v) is 12.3. The summed E-state index contributed by atoms with van der Waals surface area (Å²) in [7, 11) is 1.64. The molecule has 0 fully saturated rings. The second-order valence-electron chi connectivity index (χ2n) is 3.75. The van der Waals surface area contributed by atoms with E-state index in [2.05, 4.69) is 21.2 Å². The highest BCUT2D eigenvalue weighted by Gasteiger charge is 2.12. The summed E-state index contributed by atoms with van der Waals surface area (Å²) in [5.74, 6) is 0.819. The van der Waals surface area contributed by atoms with Crippen molar-refractivity contribution in [3.05, 3.63) is 45.1 Å². The van der Waals surface area contributed by atoms with Crippen molar-refractivity contribution in [1.82, 2.24) is 0 Å². The van der Waals surface area contributed by atoms with Crippen LogP contribution < -0.4 is 10.1 Å². The number of rotatable bonds is 5. The Kier molecular flexibility index (Phi) is 4.63. The van der Waals surface area contributed by atoms with Gasteiger partial charge in [-0.25, -0.2) is 0 Å². The van der Waals surface area contributed by atoms with Crippen molar-refractivity contribution in [2.45, 2.75) is 6.04 Å². The lowest BCUT2D eigenvalue weighted by molar-refractivity contribution is 0.278. The van der Waals surface area contributed by atoms with E-state index in [4.69, 9.17) is 4.74 Å². The highest BCUT2D eigenvalue weighted by molar-refractivity contribution is 9.11. The van der Waals surface area contributed by atoms with E-state index in [1.807, 2.05) is 36.4 Å². The van der Waals surface area contributed by atoms with Gasteiger partial charge in [-0.2, -0.15) is 0 Å². The molecule has 1 atom stereocenters. The fraction of sp³-hybridized carbons (Fsp3) is 0.231. The summed E-state index contributed by atoms with van der Waals surface area (Å²) in [5, 5.41) is 12.7. The third-order valence-corrected chi connectivity index (χ3v) is 4.29. The summed E-state index contributed by atoms with van der Waals surface area (Å²) in [6, 6.07) is 11.6. The maximum atomic E-state index is 9.45. The molecule has 0 bridgehead atoms. The van der Waals surface area contributed by atoms with Gasteiger partial charge in [0.1, 0.15) is 5.75 Å². The molecule has 5 heteroatoms. The average Bonchev–Trinajstić information content (AvgIpc) is 2.83. The Labute approximate surface area is 119 Å². The number of thiophene rings is 1. The van der Waals surface area contributed by atoms with Gasteiger partial charge in [-0.3, -0.25) is 0 Å². The summed E-state index contributed by atoms with van der Waals surface area (Å²) < 4.78 is 6.17. The standard InChI is InChI=1S/C13H14BrNO2S/c1-17-10-4-2-9(3-5-10)15-11(8-16)12-6-7-13(14)18-12/h2-7,11,15-16H,8H2,1H3. The van der Waals surface area contributed by atoms with E-state index in [1.54, 1.807) is 18.4 Å². The number of hydrogen-bond acceptors (Lipinski definition) is 4. The minimum atomic E-state index is -0.0882. The Morgan fingerprint density at radius 3 is 2.50 bits per heavy atom. The largest absolute Gasteiger partial charge is 0.497 e. The number of halogens is 1. The number of nitrogens with one attached hydrogen (secondary N) is 1. The number of aliphatic hydroxyl groups excluding tert-OH is 1. The predicted molar refractivity (Wildman–Crippen MR) is 78.5 cm³/mol. The molecular formula is C13H14BrNO2S. The fourth-order valence-electron chi connectivity index (χ4n) is 1.61. The van der Waals surface area contributed by atoms with Gasteiger partial charge in [0, 0.05) is 10.6 Å². The van der Waals surface area contributed by atoms with E-state index in [9.17, 15) is 5.11 Å². The monoisotopic (exact) mass is 327 g/mol. The van der Waals surface area contributed by atoms with Gasteiger partial charge < -0.3 is 15.2 Å².